The fourth-order valence-electron chi connectivity index (χ4n) is 2.66. The van der Waals surface area contributed by atoms with E-state index in [1.54, 1.807) is 23.5 Å². The van der Waals surface area contributed by atoms with Gasteiger partial charge in [0, 0.05) is 32.3 Å². The van der Waals surface area contributed by atoms with Crippen molar-refractivity contribution in [2.24, 2.45) is 0 Å². The number of carbonyl (C=O) groups excluding carboxylic acids is 1. The molecule has 2 heterocycles. The number of carbonyl (C=O) groups is 1. The molecule has 1 saturated heterocycles. The Morgan fingerprint density at radius 1 is 1.22 bits per heavy atom. The first kappa shape index (κ1) is 15.9. The molecule has 0 atom stereocenters. The summed E-state index contributed by atoms with van der Waals surface area (Å²) in [6.45, 7) is 6.18. The molecule has 0 aliphatic carbocycles. The van der Waals surface area contributed by atoms with Gasteiger partial charge in [-0.15, -0.1) is 11.3 Å². The Morgan fingerprint density at radius 2 is 2.00 bits per heavy atom. The Kier molecular flexibility index (Phi) is 5.20. The molecule has 1 aliphatic heterocycles. The zero-order valence-corrected chi connectivity index (χ0v) is 14.1. The average Bonchev–Trinajstić information content (AvgIpc) is 2.98. The number of aromatic nitrogens is 1. The van der Waals surface area contributed by atoms with E-state index < -0.39 is 0 Å². The summed E-state index contributed by atoms with van der Waals surface area (Å²) >= 11 is 1.76. The highest BCUT2D eigenvalue weighted by Crippen LogP contribution is 2.22. The predicted octanol–water partition coefficient (Wildman–Crippen LogP) is 3.07. The molecule has 3 rings (SSSR count). The standard InChI is InChI=1S/C18H21N3OS/c1-2-3-4-9-18(22)21-12-10-20(11-13-21)14-17-19-15-7-5-6-8-16(15)23-17/h2-9H,10-14H2,1H3/b3-2+,9-4+. The summed E-state index contributed by atoms with van der Waals surface area (Å²) in [5, 5.41) is 1.15. The number of para-hydroxylation sites is 1. The minimum atomic E-state index is 0.0998. The van der Waals surface area contributed by atoms with Crippen LogP contribution in [0.3, 0.4) is 0 Å². The van der Waals surface area contributed by atoms with E-state index in [0.717, 1.165) is 43.2 Å². The van der Waals surface area contributed by atoms with Crippen LogP contribution in [0.2, 0.25) is 0 Å². The molecule has 0 spiro atoms. The Hall–Kier alpha value is -1.98. The fourth-order valence-corrected chi connectivity index (χ4v) is 3.67. The van der Waals surface area contributed by atoms with Gasteiger partial charge in [0.05, 0.1) is 16.8 Å². The molecule has 0 bridgehead atoms. The normalized spacial score (nSPS) is 16.8. The lowest BCUT2D eigenvalue weighted by Crippen LogP contribution is -2.47. The topological polar surface area (TPSA) is 36.4 Å². The van der Waals surface area contributed by atoms with Gasteiger partial charge in [0.1, 0.15) is 5.01 Å². The molecule has 2 aromatic rings. The molecule has 1 fully saturated rings. The number of rotatable bonds is 4. The first-order valence-corrected chi connectivity index (χ1v) is 8.73. The van der Waals surface area contributed by atoms with Gasteiger partial charge >= 0.3 is 0 Å². The van der Waals surface area contributed by atoms with E-state index in [1.807, 2.05) is 30.0 Å². The number of amides is 1. The summed E-state index contributed by atoms with van der Waals surface area (Å²) in [4.78, 5) is 21.0. The third kappa shape index (κ3) is 4.06. The predicted molar refractivity (Wildman–Crippen MR) is 95.4 cm³/mol. The number of thiazole rings is 1. The van der Waals surface area contributed by atoms with E-state index in [9.17, 15) is 4.79 Å². The summed E-state index contributed by atoms with van der Waals surface area (Å²) in [5.74, 6) is 0.0998. The highest BCUT2D eigenvalue weighted by atomic mass is 32.1. The average molecular weight is 327 g/mol. The van der Waals surface area contributed by atoms with Crippen LogP contribution in [-0.2, 0) is 11.3 Å². The molecular weight excluding hydrogens is 306 g/mol. The lowest BCUT2D eigenvalue weighted by molar-refractivity contribution is -0.127. The molecule has 0 saturated carbocycles. The van der Waals surface area contributed by atoms with E-state index in [-0.39, 0.29) is 5.91 Å². The molecule has 1 aromatic heterocycles. The number of hydrogen-bond acceptors (Lipinski definition) is 4. The third-order valence-electron chi connectivity index (χ3n) is 3.92. The summed E-state index contributed by atoms with van der Waals surface area (Å²) in [5.41, 5.74) is 1.08. The lowest BCUT2D eigenvalue weighted by Gasteiger charge is -2.33. The van der Waals surface area contributed by atoms with Crippen molar-refractivity contribution >= 4 is 27.5 Å². The van der Waals surface area contributed by atoms with Crippen molar-refractivity contribution < 1.29 is 4.79 Å². The van der Waals surface area contributed by atoms with Gasteiger partial charge in [-0.3, -0.25) is 9.69 Å². The molecule has 1 aliphatic rings. The Bertz CT molecular complexity index is 694. The Morgan fingerprint density at radius 3 is 2.74 bits per heavy atom. The second kappa shape index (κ2) is 7.53. The van der Waals surface area contributed by atoms with E-state index >= 15 is 0 Å². The molecule has 0 radical (unpaired) electrons. The summed E-state index contributed by atoms with van der Waals surface area (Å²) in [7, 11) is 0. The van der Waals surface area contributed by atoms with Crippen molar-refractivity contribution in [1.82, 2.24) is 14.8 Å². The van der Waals surface area contributed by atoms with Gasteiger partial charge in [-0.1, -0.05) is 30.4 Å². The Labute approximate surface area is 140 Å². The van der Waals surface area contributed by atoms with Crippen molar-refractivity contribution in [3.8, 4) is 0 Å². The Balaban J connectivity index is 1.53. The van der Waals surface area contributed by atoms with Crippen LogP contribution >= 0.6 is 11.3 Å². The summed E-state index contributed by atoms with van der Waals surface area (Å²) in [6, 6.07) is 8.25. The number of allylic oxidation sites excluding steroid dienone is 3. The van der Waals surface area contributed by atoms with Crippen molar-refractivity contribution in [1.29, 1.82) is 0 Å². The van der Waals surface area contributed by atoms with Crippen LogP contribution < -0.4 is 0 Å². The summed E-state index contributed by atoms with van der Waals surface area (Å²) in [6.07, 6.45) is 7.24. The zero-order chi connectivity index (χ0) is 16.1. The van der Waals surface area contributed by atoms with Crippen LogP contribution in [0.25, 0.3) is 10.2 Å². The smallest absolute Gasteiger partial charge is 0.246 e. The van der Waals surface area contributed by atoms with E-state index in [1.165, 1.54) is 4.70 Å². The lowest BCUT2D eigenvalue weighted by atomic mass is 10.3. The number of piperazine rings is 1. The van der Waals surface area contributed by atoms with Gasteiger partial charge in [-0.05, 0) is 19.1 Å². The molecule has 5 heteroatoms. The highest BCUT2D eigenvalue weighted by Gasteiger charge is 2.20. The van der Waals surface area contributed by atoms with Gasteiger partial charge in [0.15, 0.2) is 0 Å². The van der Waals surface area contributed by atoms with Crippen LogP contribution in [0.15, 0.2) is 48.6 Å². The monoisotopic (exact) mass is 327 g/mol. The maximum absolute atomic E-state index is 12.0. The molecule has 1 amide bonds. The quantitative estimate of drug-likeness (QED) is 0.640. The van der Waals surface area contributed by atoms with Crippen molar-refractivity contribution in [2.45, 2.75) is 13.5 Å². The number of fused-ring (bicyclic) bond motifs is 1. The summed E-state index contributed by atoms with van der Waals surface area (Å²) < 4.78 is 1.24. The first-order valence-electron chi connectivity index (χ1n) is 7.91. The molecule has 4 nitrogen and oxygen atoms in total. The van der Waals surface area contributed by atoms with Crippen LogP contribution in [0.1, 0.15) is 11.9 Å². The minimum absolute atomic E-state index is 0.0998. The second-order valence-electron chi connectivity index (χ2n) is 5.56. The number of hydrogen-bond donors (Lipinski definition) is 0. The van der Waals surface area contributed by atoms with E-state index in [0.29, 0.717) is 0 Å². The number of nitrogens with zero attached hydrogens (tertiary/aromatic N) is 3. The second-order valence-corrected chi connectivity index (χ2v) is 6.68. The molecule has 1 aromatic carbocycles. The van der Waals surface area contributed by atoms with Crippen molar-refractivity contribution in [3.05, 3.63) is 53.6 Å². The molecule has 0 unspecified atom stereocenters. The van der Waals surface area contributed by atoms with Crippen LogP contribution in [0.5, 0.6) is 0 Å². The molecule has 0 N–H and O–H groups in total. The minimum Gasteiger partial charge on any atom is -0.337 e. The fraction of sp³-hybridized carbons (Fsp3) is 0.333. The van der Waals surface area contributed by atoms with Crippen LogP contribution in [0, 0.1) is 0 Å². The number of benzene rings is 1. The third-order valence-corrected chi connectivity index (χ3v) is 4.94. The maximum Gasteiger partial charge on any atom is 0.246 e. The maximum atomic E-state index is 12.0. The molecular formula is C18H21N3OS. The van der Waals surface area contributed by atoms with Crippen molar-refractivity contribution in [2.75, 3.05) is 26.2 Å². The van der Waals surface area contributed by atoms with Crippen molar-refractivity contribution in [3.63, 3.8) is 0 Å². The van der Waals surface area contributed by atoms with E-state index in [4.69, 9.17) is 0 Å². The zero-order valence-electron chi connectivity index (χ0n) is 13.3. The highest BCUT2D eigenvalue weighted by molar-refractivity contribution is 7.18. The van der Waals surface area contributed by atoms with Crippen LogP contribution in [0.4, 0.5) is 0 Å². The van der Waals surface area contributed by atoms with Gasteiger partial charge in [-0.25, -0.2) is 4.98 Å². The van der Waals surface area contributed by atoms with Gasteiger partial charge in [-0.2, -0.15) is 0 Å². The first-order chi connectivity index (χ1) is 11.3. The molecule has 120 valence electrons. The van der Waals surface area contributed by atoms with Crippen LogP contribution in [-0.4, -0.2) is 46.9 Å². The SMILES string of the molecule is C/C=C/C=C/C(=O)N1CCN(Cc2nc3ccccc3s2)CC1. The van der Waals surface area contributed by atoms with E-state index in [2.05, 4.69) is 28.1 Å². The van der Waals surface area contributed by atoms with Gasteiger partial charge in [0.25, 0.3) is 0 Å². The molecule has 23 heavy (non-hydrogen) atoms. The largest absolute Gasteiger partial charge is 0.337 e. The van der Waals surface area contributed by atoms with Gasteiger partial charge in [0.2, 0.25) is 5.91 Å². The van der Waals surface area contributed by atoms with Gasteiger partial charge < -0.3 is 4.90 Å².